The van der Waals surface area contributed by atoms with E-state index in [-0.39, 0.29) is 11.8 Å². The highest BCUT2D eigenvalue weighted by molar-refractivity contribution is 5.76. The zero-order valence-electron chi connectivity index (χ0n) is 25.3. The van der Waals surface area contributed by atoms with Crippen LogP contribution in [0.3, 0.4) is 0 Å². The van der Waals surface area contributed by atoms with E-state index in [1.165, 1.54) is 44.9 Å². The van der Waals surface area contributed by atoms with Gasteiger partial charge in [-0.25, -0.2) is 0 Å². The first kappa shape index (κ1) is 37.8. The van der Waals surface area contributed by atoms with Crippen LogP contribution in [0.2, 0.25) is 0 Å². The Bertz CT molecular complexity index is 677. The number of hydrogen-bond acceptors (Lipinski definition) is 6. The Hall–Kier alpha value is -2.20. The van der Waals surface area contributed by atoms with Crippen molar-refractivity contribution in [1.82, 2.24) is 20.9 Å². The van der Waals surface area contributed by atoms with Gasteiger partial charge in [0.1, 0.15) is 6.04 Å². The van der Waals surface area contributed by atoms with E-state index < -0.39 is 18.0 Å². The topological polar surface area (TPSA) is 148 Å². The first-order valence-electron chi connectivity index (χ1n) is 15.7. The SMILES string of the molecule is CCN(CCNC(=O)CCCCCCCCCCCCCCC(=O)O)CCC(=O)NCCCC[C@H](NC)C(=O)O. The van der Waals surface area contributed by atoms with Crippen LogP contribution in [0.25, 0.3) is 0 Å². The molecule has 40 heavy (non-hydrogen) atoms. The van der Waals surface area contributed by atoms with Gasteiger partial charge in [-0.05, 0) is 45.7 Å². The standard InChI is InChI=1S/C30H58N4O6/c1-3-34(24-21-28(36)32-22-17-16-18-26(31-2)30(39)40)25-23-33-27(35)19-14-12-10-8-6-4-5-7-9-11-13-15-20-29(37)38/h26,31H,3-25H2,1-2H3,(H,32,36)(H,33,35)(H,37,38)(H,39,40)/t26-/m0/s1. The first-order chi connectivity index (χ1) is 19.3. The first-order valence-corrected chi connectivity index (χ1v) is 15.7. The van der Waals surface area contributed by atoms with Crippen molar-refractivity contribution in [3.8, 4) is 0 Å². The van der Waals surface area contributed by atoms with E-state index in [0.717, 1.165) is 58.0 Å². The minimum atomic E-state index is -0.850. The molecule has 0 saturated heterocycles. The number of carboxylic acids is 2. The predicted molar refractivity (Wildman–Crippen MR) is 159 cm³/mol. The van der Waals surface area contributed by atoms with Gasteiger partial charge in [-0.1, -0.05) is 71.1 Å². The fourth-order valence-corrected chi connectivity index (χ4v) is 4.64. The summed E-state index contributed by atoms with van der Waals surface area (Å²) < 4.78 is 0. The molecule has 0 fully saturated rings. The van der Waals surface area contributed by atoms with E-state index in [0.29, 0.717) is 45.3 Å². The summed E-state index contributed by atoms with van der Waals surface area (Å²) in [4.78, 5) is 47.8. The van der Waals surface area contributed by atoms with Gasteiger partial charge in [0.15, 0.2) is 0 Å². The maximum atomic E-state index is 12.1. The van der Waals surface area contributed by atoms with Gasteiger partial charge in [0.05, 0.1) is 0 Å². The van der Waals surface area contributed by atoms with Crippen LogP contribution in [0.1, 0.15) is 122 Å². The Morgan fingerprint density at radius 3 is 1.62 bits per heavy atom. The van der Waals surface area contributed by atoms with E-state index in [9.17, 15) is 19.2 Å². The van der Waals surface area contributed by atoms with Gasteiger partial charge in [-0.2, -0.15) is 0 Å². The highest BCUT2D eigenvalue weighted by Crippen LogP contribution is 2.13. The molecule has 0 saturated carbocycles. The zero-order valence-corrected chi connectivity index (χ0v) is 25.3. The van der Waals surface area contributed by atoms with Crippen molar-refractivity contribution in [2.24, 2.45) is 0 Å². The minimum Gasteiger partial charge on any atom is -0.481 e. The van der Waals surface area contributed by atoms with Crippen molar-refractivity contribution in [3.05, 3.63) is 0 Å². The fourth-order valence-electron chi connectivity index (χ4n) is 4.64. The molecule has 5 N–H and O–H groups in total. The third kappa shape index (κ3) is 24.8. The predicted octanol–water partition coefficient (Wildman–Crippen LogP) is 4.32. The molecular weight excluding hydrogens is 512 g/mol. The van der Waals surface area contributed by atoms with E-state index in [1.54, 1.807) is 7.05 Å². The molecule has 0 radical (unpaired) electrons. The van der Waals surface area contributed by atoms with Gasteiger partial charge in [0.25, 0.3) is 0 Å². The smallest absolute Gasteiger partial charge is 0.320 e. The molecule has 0 aliphatic heterocycles. The molecule has 0 bridgehead atoms. The quantitative estimate of drug-likeness (QED) is 0.0835. The summed E-state index contributed by atoms with van der Waals surface area (Å²) >= 11 is 0. The van der Waals surface area contributed by atoms with E-state index in [4.69, 9.17) is 10.2 Å². The van der Waals surface area contributed by atoms with Gasteiger partial charge < -0.3 is 31.1 Å². The lowest BCUT2D eigenvalue weighted by Crippen LogP contribution is -2.37. The van der Waals surface area contributed by atoms with Crippen molar-refractivity contribution in [3.63, 3.8) is 0 Å². The van der Waals surface area contributed by atoms with Crippen LogP contribution >= 0.6 is 0 Å². The molecule has 0 spiro atoms. The molecule has 10 nitrogen and oxygen atoms in total. The summed E-state index contributed by atoms with van der Waals surface area (Å²) in [5.74, 6) is -1.45. The lowest BCUT2D eigenvalue weighted by Gasteiger charge is -2.20. The number of carboxylic acid groups (broad SMARTS) is 2. The fraction of sp³-hybridized carbons (Fsp3) is 0.867. The molecule has 2 amide bonds. The number of nitrogens with zero attached hydrogens (tertiary/aromatic N) is 1. The molecule has 0 aromatic heterocycles. The number of rotatable bonds is 29. The van der Waals surface area contributed by atoms with Gasteiger partial charge in [-0.3, -0.25) is 19.2 Å². The molecule has 0 heterocycles. The van der Waals surface area contributed by atoms with Gasteiger partial charge in [0.2, 0.25) is 11.8 Å². The third-order valence-electron chi connectivity index (χ3n) is 7.29. The van der Waals surface area contributed by atoms with Crippen LogP contribution < -0.4 is 16.0 Å². The van der Waals surface area contributed by atoms with Gasteiger partial charge in [0, 0.05) is 45.4 Å². The molecule has 1 atom stereocenters. The average molecular weight is 571 g/mol. The van der Waals surface area contributed by atoms with Gasteiger partial charge >= 0.3 is 11.9 Å². The molecule has 0 unspecified atom stereocenters. The second-order valence-electron chi connectivity index (χ2n) is 10.7. The van der Waals surface area contributed by atoms with Gasteiger partial charge in [-0.15, -0.1) is 0 Å². The summed E-state index contributed by atoms with van der Waals surface area (Å²) in [5.41, 5.74) is 0. The summed E-state index contributed by atoms with van der Waals surface area (Å²) in [7, 11) is 1.64. The normalized spacial score (nSPS) is 11.9. The maximum absolute atomic E-state index is 12.1. The van der Waals surface area contributed by atoms with E-state index in [1.807, 2.05) is 6.92 Å². The molecular formula is C30H58N4O6. The molecule has 0 aromatic rings. The minimum absolute atomic E-state index is 0.00384. The Kier molecular flexibility index (Phi) is 25.5. The zero-order chi connectivity index (χ0) is 29.8. The van der Waals surface area contributed by atoms with Crippen molar-refractivity contribution in [1.29, 1.82) is 0 Å². The van der Waals surface area contributed by atoms with Crippen molar-refractivity contribution in [2.45, 2.75) is 129 Å². The van der Waals surface area contributed by atoms with E-state index >= 15 is 0 Å². The number of carbonyl (C=O) groups excluding carboxylic acids is 2. The van der Waals surface area contributed by atoms with Crippen LogP contribution in [0.5, 0.6) is 0 Å². The van der Waals surface area contributed by atoms with Crippen LogP contribution in [0, 0.1) is 0 Å². The lowest BCUT2D eigenvalue weighted by molar-refractivity contribution is -0.139. The Morgan fingerprint density at radius 2 is 1.12 bits per heavy atom. The van der Waals surface area contributed by atoms with Crippen molar-refractivity contribution in [2.75, 3.05) is 39.8 Å². The summed E-state index contributed by atoms with van der Waals surface area (Å²) in [6.45, 7) is 5.37. The highest BCUT2D eigenvalue weighted by Gasteiger charge is 2.13. The molecule has 234 valence electrons. The second kappa shape index (κ2) is 27.0. The summed E-state index contributed by atoms with van der Waals surface area (Å²) in [6, 6.07) is -0.540. The number of carbonyl (C=O) groups is 4. The number of nitrogens with one attached hydrogen (secondary N) is 3. The van der Waals surface area contributed by atoms with Crippen LogP contribution in [0.15, 0.2) is 0 Å². The van der Waals surface area contributed by atoms with Crippen molar-refractivity contribution >= 4 is 23.8 Å². The molecule has 0 aromatic carbocycles. The number of unbranched alkanes of at least 4 members (excludes halogenated alkanes) is 12. The number of aliphatic carboxylic acids is 2. The average Bonchev–Trinajstić information content (AvgIpc) is 2.92. The highest BCUT2D eigenvalue weighted by atomic mass is 16.4. The molecule has 10 heteroatoms. The second-order valence-corrected chi connectivity index (χ2v) is 10.7. The third-order valence-corrected chi connectivity index (χ3v) is 7.29. The lowest BCUT2D eigenvalue weighted by atomic mass is 10.0. The molecule has 0 aliphatic carbocycles. The van der Waals surface area contributed by atoms with Crippen molar-refractivity contribution < 1.29 is 29.4 Å². The Morgan fingerprint density at radius 1 is 0.625 bits per heavy atom. The summed E-state index contributed by atoms with van der Waals surface area (Å²) in [6.07, 6.45) is 16.9. The van der Waals surface area contributed by atoms with Crippen LogP contribution in [-0.4, -0.2) is 84.7 Å². The maximum Gasteiger partial charge on any atom is 0.320 e. The van der Waals surface area contributed by atoms with Crippen LogP contribution in [0.4, 0.5) is 0 Å². The molecule has 0 rings (SSSR count). The largest absolute Gasteiger partial charge is 0.481 e. The Balaban J connectivity index is 3.60. The Labute approximate surface area is 242 Å². The van der Waals surface area contributed by atoms with E-state index in [2.05, 4.69) is 20.9 Å². The summed E-state index contributed by atoms with van der Waals surface area (Å²) in [5, 5.41) is 26.3. The number of likely N-dealkylation sites (N-methyl/N-ethyl adjacent to an activating group) is 2. The van der Waals surface area contributed by atoms with Crippen LogP contribution in [-0.2, 0) is 19.2 Å². The number of hydrogen-bond donors (Lipinski definition) is 5. The molecule has 0 aliphatic rings. The number of amides is 2. The monoisotopic (exact) mass is 570 g/mol.